The molecule has 280 valence electrons. The molecule has 54 heavy (non-hydrogen) atoms. The van der Waals surface area contributed by atoms with Crippen LogP contribution in [0.15, 0.2) is 79.0 Å². The van der Waals surface area contributed by atoms with Gasteiger partial charge in [-0.25, -0.2) is 4.98 Å². The van der Waals surface area contributed by atoms with Crippen LogP contribution >= 0.6 is 0 Å². The van der Waals surface area contributed by atoms with E-state index in [2.05, 4.69) is 164 Å². The number of hydrogen-bond donors (Lipinski definition) is 0. The summed E-state index contributed by atoms with van der Waals surface area (Å²) in [6.07, 6.45) is 2.83. The van der Waals surface area contributed by atoms with Gasteiger partial charge in [0, 0.05) is 34.5 Å². The van der Waals surface area contributed by atoms with E-state index in [1.54, 1.807) is 0 Å². The average molecular weight is 807 g/mol. The molecule has 5 nitrogen and oxygen atoms in total. The van der Waals surface area contributed by atoms with Crippen LogP contribution in [0.25, 0.3) is 44.4 Å². The Bertz CT molecular complexity index is 2430. The van der Waals surface area contributed by atoms with E-state index in [0.717, 1.165) is 56.7 Å². The zero-order chi connectivity index (χ0) is 37.7. The molecule has 7 aromatic rings. The van der Waals surface area contributed by atoms with Crippen LogP contribution in [0.2, 0.25) is 0 Å². The Morgan fingerprint density at radius 2 is 1.35 bits per heavy atom. The predicted molar refractivity (Wildman–Crippen MR) is 221 cm³/mol. The molecule has 0 aliphatic heterocycles. The largest absolute Gasteiger partial charge is 2.00 e. The summed E-state index contributed by atoms with van der Waals surface area (Å²) in [5.41, 5.74) is 14.1. The Morgan fingerprint density at radius 3 is 2.00 bits per heavy atom. The molecule has 0 fully saturated rings. The number of aryl methyl sites for hydroxylation is 2. The molecule has 0 aliphatic rings. The van der Waals surface area contributed by atoms with Gasteiger partial charge in [-0.3, -0.25) is 4.68 Å². The molecule has 0 bridgehead atoms. The molecule has 0 aliphatic carbocycles. The molecular formula is C48H52N4OPd. The maximum Gasteiger partial charge on any atom is 2.00 e. The molecule has 0 amide bonds. The van der Waals surface area contributed by atoms with E-state index in [4.69, 9.17) is 14.8 Å². The first kappa shape index (κ1) is 39.2. The fourth-order valence-corrected chi connectivity index (χ4v) is 7.63. The summed E-state index contributed by atoms with van der Waals surface area (Å²) in [7, 11) is 0. The van der Waals surface area contributed by atoms with Crippen molar-refractivity contribution in [2.24, 2.45) is 0 Å². The number of rotatable bonds is 10. The zero-order valence-electron chi connectivity index (χ0n) is 33.5. The van der Waals surface area contributed by atoms with Gasteiger partial charge in [-0.1, -0.05) is 98.2 Å². The van der Waals surface area contributed by atoms with Crippen molar-refractivity contribution in [3.05, 3.63) is 130 Å². The monoisotopic (exact) mass is 806 g/mol. The van der Waals surface area contributed by atoms with Crippen LogP contribution in [0, 0.1) is 26.0 Å². The van der Waals surface area contributed by atoms with E-state index >= 15 is 0 Å². The van der Waals surface area contributed by atoms with Crippen molar-refractivity contribution in [3.8, 4) is 34.1 Å². The second-order valence-corrected chi connectivity index (χ2v) is 15.7. The first-order valence-electron chi connectivity index (χ1n) is 19.3. The minimum Gasteiger partial charge on any atom is -0.509 e. The molecule has 0 radical (unpaired) electrons. The van der Waals surface area contributed by atoms with E-state index in [9.17, 15) is 0 Å². The van der Waals surface area contributed by atoms with E-state index in [-0.39, 0.29) is 26.3 Å². The Balaban J connectivity index is 0.00000497. The molecule has 0 saturated heterocycles. The van der Waals surface area contributed by atoms with Gasteiger partial charge >= 0.3 is 20.4 Å². The van der Waals surface area contributed by atoms with Crippen LogP contribution < -0.4 is 4.74 Å². The number of hydrogen-bond acceptors (Lipinski definition) is 3. The number of aromatic nitrogens is 4. The minimum absolute atomic E-state index is 0. The molecular weight excluding hydrogens is 755 g/mol. The second-order valence-electron chi connectivity index (χ2n) is 15.7. The van der Waals surface area contributed by atoms with Crippen LogP contribution in [0.3, 0.4) is 0 Å². The number of nitrogens with zero attached hydrogens (tertiary/aromatic N) is 4. The van der Waals surface area contributed by atoms with Crippen LogP contribution in [0.4, 0.5) is 0 Å². The topological polar surface area (TPSA) is 44.9 Å². The fourth-order valence-electron chi connectivity index (χ4n) is 7.63. The summed E-state index contributed by atoms with van der Waals surface area (Å²) in [5.74, 6) is 3.61. The van der Waals surface area contributed by atoms with Crippen molar-refractivity contribution < 1.29 is 25.2 Å². The molecule has 6 heteroatoms. The third-order valence-electron chi connectivity index (χ3n) is 10.6. The zero-order valence-corrected chi connectivity index (χ0v) is 35.1. The van der Waals surface area contributed by atoms with Gasteiger partial charge in [-0.15, -0.1) is 41.3 Å². The fraction of sp³-hybridized carbons (Fsp3) is 0.333. The second kappa shape index (κ2) is 15.7. The normalized spacial score (nSPS) is 11.8. The Hall–Kier alpha value is -4.50. The third kappa shape index (κ3) is 7.19. The number of pyridine rings is 1. The average Bonchev–Trinajstić information content (AvgIpc) is 3.62. The third-order valence-corrected chi connectivity index (χ3v) is 10.6. The summed E-state index contributed by atoms with van der Waals surface area (Å²) in [4.78, 5) is 4.79. The summed E-state index contributed by atoms with van der Waals surface area (Å²) in [6.45, 7) is 24.7. The van der Waals surface area contributed by atoms with Gasteiger partial charge in [0.2, 0.25) is 0 Å². The molecule has 0 N–H and O–H groups in total. The summed E-state index contributed by atoms with van der Waals surface area (Å²) in [5, 5.41) is 7.46. The van der Waals surface area contributed by atoms with Crippen molar-refractivity contribution in [1.82, 2.24) is 19.3 Å². The number of ether oxygens (including phenoxy) is 1. The van der Waals surface area contributed by atoms with Gasteiger partial charge in [0.15, 0.2) is 0 Å². The summed E-state index contributed by atoms with van der Waals surface area (Å²) in [6, 6.07) is 33.2. The molecule has 0 spiro atoms. The maximum absolute atomic E-state index is 6.68. The van der Waals surface area contributed by atoms with Gasteiger partial charge < -0.3 is 9.30 Å². The SMILES string of the molecule is CCc1ccnc(-n2c3[c-]c(Oc4[c-]c(-n5nc(C)c(-c6c(C(C)C)cc(C(C)C)cc6C(C)C)c5C)cc(C(C)C)c4)ccc3c3ccccc32)c1.[Pd+2]. The van der Waals surface area contributed by atoms with Crippen LogP contribution in [0.1, 0.15) is 125 Å². The molecule has 0 saturated carbocycles. The van der Waals surface area contributed by atoms with Crippen molar-refractivity contribution >= 4 is 21.8 Å². The van der Waals surface area contributed by atoms with Crippen LogP contribution in [-0.2, 0) is 26.8 Å². The first-order valence-corrected chi connectivity index (χ1v) is 19.3. The van der Waals surface area contributed by atoms with Gasteiger partial charge in [0.1, 0.15) is 5.82 Å². The number of fused-ring (bicyclic) bond motifs is 3. The molecule has 7 rings (SSSR count). The molecule has 3 heterocycles. The summed E-state index contributed by atoms with van der Waals surface area (Å²) < 4.78 is 10.9. The van der Waals surface area contributed by atoms with E-state index < -0.39 is 0 Å². The van der Waals surface area contributed by atoms with Crippen molar-refractivity contribution in [1.29, 1.82) is 0 Å². The van der Waals surface area contributed by atoms with Gasteiger partial charge in [0.05, 0.1) is 5.69 Å². The van der Waals surface area contributed by atoms with Crippen molar-refractivity contribution in [2.45, 2.75) is 106 Å². The first-order chi connectivity index (χ1) is 25.4. The minimum atomic E-state index is 0. The van der Waals surface area contributed by atoms with Crippen LogP contribution in [-0.4, -0.2) is 19.3 Å². The van der Waals surface area contributed by atoms with E-state index in [1.807, 2.05) is 12.3 Å². The number of para-hydroxylation sites is 1. The van der Waals surface area contributed by atoms with Crippen molar-refractivity contribution in [3.63, 3.8) is 0 Å². The van der Waals surface area contributed by atoms with Gasteiger partial charge in [0.25, 0.3) is 0 Å². The van der Waals surface area contributed by atoms with E-state index in [1.165, 1.54) is 33.4 Å². The van der Waals surface area contributed by atoms with Crippen molar-refractivity contribution in [2.75, 3.05) is 0 Å². The smallest absolute Gasteiger partial charge is 0.509 e. The summed E-state index contributed by atoms with van der Waals surface area (Å²) >= 11 is 0. The quantitative estimate of drug-likeness (QED) is 0.102. The Kier molecular flexibility index (Phi) is 11.4. The predicted octanol–water partition coefficient (Wildman–Crippen LogP) is 13.1. The van der Waals surface area contributed by atoms with E-state index in [0.29, 0.717) is 29.3 Å². The number of benzene rings is 4. The molecule has 0 unspecified atom stereocenters. The van der Waals surface area contributed by atoms with Crippen LogP contribution in [0.5, 0.6) is 11.5 Å². The van der Waals surface area contributed by atoms with Gasteiger partial charge in [-0.2, -0.15) is 11.2 Å². The molecule has 3 aromatic heterocycles. The Labute approximate surface area is 335 Å². The van der Waals surface area contributed by atoms with Gasteiger partial charge in [-0.05, 0) is 101 Å². The standard InChI is InChI=1S/C48H52N4O.Pd/c1-12-34-19-20-49-46(21-34)51-44-16-14-13-15-40(44)41-18-17-38(27-45(41)51)53-39-23-35(28(2)3)22-37(26-39)52-33(11)47(32(10)50-52)48-42(30(6)7)24-36(29(4)5)25-43(48)31(8)9;/h13-25,28-31H,12H2,1-11H3;/q-2;+2. The maximum atomic E-state index is 6.68. The molecule has 0 atom stereocenters. The Morgan fingerprint density at radius 1 is 0.685 bits per heavy atom. The molecule has 4 aromatic carbocycles.